The van der Waals surface area contributed by atoms with Crippen molar-refractivity contribution in [3.63, 3.8) is 0 Å². The summed E-state index contributed by atoms with van der Waals surface area (Å²) in [6.45, 7) is 3.24. The van der Waals surface area contributed by atoms with Gasteiger partial charge >= 0.3 is 6.03 Å². The molecule has 0 saturated carbocycles. The third-order valence-corrected chi connectivity index (χ3v) is 5.00. The van der Waals surface area contributed by atoms with Crippen LogP contribution in [0.4, 0.5) is 10.5 Å². The molecule has 1 aliphatic rings. The molecule has 0 unspecified atom stereocenters. The van der Waals surface area contributed by atoms with Crippen LogP contribution in [-0.4, -0.2) is 22.5 Å². The number of amides is 2. The maximum Gasteiger partial charge on any atom is 0.322 e. The summed E-state index contributed by atoms with van der Waals surface area (Å²) in [6, 6.07) is 13.8. The van der Waals surface area contributed by atoms with Gasteiger partial charge in [-0.25, -0.2) is 4.79 Å². The maximum absolute atomic E-state index is 12.5. The van der Waals surface area contributed by atoms with Crippen LogP contribution >= 0.6 is 11.6 Å². The second-order valence-corrected chi connectivity index (χ2v) is 6.60. The van der Waals surface area contributed by atoms with Gasteiger partial charge in [0.25, 0.3) is 0 Å². The van der Waals surface area contributed by atoms with Crippen molar-refractivity contribution in [3.05, 3.63) is 64.3 Å². The standard InChI is InChI=1S/C19H18ClN3O/c1-12-6-7-13(10-16(12)20)21-19(24)23-9-8-15-14-4-2-3-5-17(14)22-18(15)11-23/h2-7,10,22H,8-9,11H2,1H3,(H,21,24). The Morgan fingerprint density at radius 2 is 2.08 bits per heavy atom. The Labute approximate surface area is 145 Å². The molecule has 0 bridgehead atoms. The third-order valence-electron chi connectivity index (χ3n) is 4.59. The summed E-state index contributed by atoms with van der Waals surface area (Å²) in [4.78, 5) is 17.8. The van der Waals surface area contributed by atoms with Crippen molar-refractivity contribution >= 4 is 34.2 Å². The zero-order valence-electron chi connectivity index (χ0n) is 13.4. The number of aromatic amines is 1. The van der Waals surface area contributed by atoms with Crippen LogP contribution in [0.1, 0.15) is 16.8 Å². The zero-order valence-corrected chi connectivity index (χ0v) is 14.2. The van der Waals surface area contributed by atoms with Crippen molar-refractivity contribution in [1.82, 2.24) is 9.88 Å². The second kappa shape index (κ2) is 5.87. The zero-order chi connectivity index (χ0) is 16.7. The van der Waals surface area contributed by atoms with Crippen molar-refractivity contribution < 1.29 is 4.79 Å². The number of hydrogen-bond acceptors (Lipinski definition) is 1. The summed E-state index contributed by atoms with van der Waals surface area (Å²) in [5, 5.41) is 4.85. The fourth-order valence-electron chi connectivity index (χ4n) is 3.24. The topological polar surface area (TPSA) is 48.1 Å². The normalized spacial score (nSPS) is 13.8. The van der Waals surface area contributed by atoms with E-state index >= 15 is 0 Å². The molecule has 2 amide bonds. The number of carbonyl (C=O) groups excluding carboxylic acids is 1. The Kier molecular flexibility index (Phi) is 3.69. The minimum atomic E-state index is -0.0979. The van der Waals surface area contributed by atoms with E-state index in [-0.39, 0.29) is 6.03 Å². The second-order valence-electron chi connectivity index (χ2n) is 6.19. The van der Waals surface area contributed by atoms with Crippen LogP contribution in [0.5, 0.6) is 0 Å². The molecule has 0 fully saturated rings. The minimum Gasteiger partial charge on any atom is -0.357 e. The Morgan fingerprint density at radius 1 is 1.25 bits per heavy atom. The molecule has 0 radical (unpaired) electrons. The van der Waals surface area contributed by atoms with Gasteiger partial charge in [-0.3, -0.25) is 0 Å². The molecular formula is C19H18ClN3O. The Morgan fingerprint density at radius 3 is 2.92 bits per heavy atom. The highest BCUT2D eigenvalue weighted by atomic mass is 35.5. The van der Waals surface area contributed by atoms with Gasteiger partial charge in [-0.15, -0.1) is 0 Å². The first-order valence-corrected chi connectivity index (χ1v) is 8.40. The largest absolute Gasteiger partial charge is 0.357 e. The summed E-state index contributed by atoms with van der Waals surface area (Å²) in [7, 11) is 0. The highest BCUT2D eigenvalue weighted by molar-refractivity contribution is 6.31. The lowest BCUT2D eigenvalue weighted by atomic mass is 10.0. The molecule has 1 aromatic heterocycles. The van der Waals surface area contributed by atoms with Gasteiger partial charge in [0.1, 0.15) is 0 Å². The predicted octanol–water partition coefficient (Wildman–Crippen LogP) is 4.72. The van der Waals surface area contributed by atoms with Crippen LogP contribution in [0.2, 0.25) is 5.02 Å². The lowest BCUT2D eigenvalue weighted by Gasteiger charge is -2.27. The van der Waals surface area contributed by atoms with Crippen LogP contribution in [0.25, 0.3) is 10.9 Å². The fourth-order valence-corrected chi connectivity index (χ4v) is 3.42. The number of rotatable bonds is 1. The van der Waals surface area contributed by atoms with Crippen molar-refractivity contribution in [2.24, 2.45) is 0 Å². The smallest absolute Gasteiger partial charge is 0.322 e. The van der Waals surface area contributed by atoms with E-state index in [9.17, 15) is 4.79 Å². The van der Waals surface area contributed by atoms with Crippen LogP contribution in [0, 0.1) is 6.92 Å². The number of H-pyrrole nitrogens is 1. The molecule has 0 atom stereocenters. The first-order valence-electron chi connectivity index (χ1n) is 8.02. The van der Waals surface area contributed by atoms with E-state index in [2.05, 4.69) is 28.5 Å². The van der Waals surface area contributed by atoms with Gasteiger partial charge in [0, 0.05) is 33.9 Å². The first-order chi connectivity index (χ1) is 11.6. The third kappa shape index (κ3) is 2.63. The molecule has 0 aliphatic carbocycles. The molecule has 122 valence electrons. The summed E-state index contributed by atoms with van der Waals surface area (Å²) < 4.78 is 0. The van der Waals surface area contributed by atoms with E-state index in [1.165, 1.54) is 10.9 Å². The van der Waals surface area contributed by atoms with Crippen LogP contribution in [0.3, 0.4) is 0 Å². The average Bonchev–Trinajstić information content (AvgIpc) is 2.96. The Bertz CT molecular complexity index is 932. The van der Waals surface area contributed by atoms with Gasteiger partial charge in [0.2, 0.25) is 0 Å². The lowest BCUT2D eigenvalue weighted by molar-refractivity contribution is 0.206. The van der Waals surface area contributed by atoms with E-state index in [1.807, 2.05) is 30.0 Å². The Balaban J connectivity index is 1.53. The molecule has 0 spiro atoms. The molecule has 1 aliphatic heterocycles. The number of halogens is 1. The number of aromatic nitrogens is 1. The maximum atomic E-state index is 12.5. The van der Waals surface area contributed by atoms with E-state index in [0.717, 1.165) is 28.9 Å². The number of carbonyl (C=O) groups is 1. The number of aryl methyl sites for hydroxylation is 1. The summed E-state index contributed by atoms with van der Waals surface area (Å²) in [6.07, 6.45) is 0.863. The summed E-state index contributed by atoms with van der Waals surface area (Å²) in [5.41, 5.74) is 5.30. The summed E-state index contributed by atoms with van der Waals surface area (Å²) in [5.74, 6) is 0. The molecule has 5 heteroatoms. The lowest BCUT2D eigenvalue weighted by Crippen LogP contribution is -2.38. The van der Waals surface area contributed by atoms with E-state index < -0.39 is 0 Å². The number of nitrogens with zero attached hydrogens (tertiary/aromatic N) is 1. The van der Waals surface area contributed by atoms with Gasteiger partial charge < -0.3 is 15.2 Å². The molecule has 0 saturated heterocycles. The minimum absolute atomic E-state index is 0.0979. The van der Waals surface area contributed by atoms with Crippen LogP contribution in [0.15, 0.2) is 42.5 Å². The molecule has 3 aromatic rings. The monoisotopic (exact) mass is 339 g/mol. The van der Waals surface area contributed by atoms with Gasteiger partial charge in [-0.2, -0.15) is 0 Å². The first kappa shape index (κ1) is 15.1. The fraction of sp³-hybridized carbons (Fsp3) is 0.211. The van der Waals surface area contributed by atoms with Gasteiger partial charge in [0.05, 0.1) is 6.54 Å². The number of urea groups is 1. The highest BCUT2D eigenvalue weighted by Gasteiger charge is 2.23. The molecule has 4 rings (SSSR count). The number of nitrogens with one attached hydrogen (secondary N) is 2. The number of fused-ring (bicyclic) bond motifs is 3. The Hall–Kier alpha value is -2.46. The van der Waals surface area contributed by atoms with Gasteiger partial charge in [0.15, 0.2) is 0 Å². The average molecular weight is 340 g/mol. The van der Waals surface area contributed by atoms with Crippen molar-refractivity contribution in [1.29, 1.82) is 0 Å². The van der Waals surface area contributed by atoms with Gasteiger partial charge in [-0.1, -0.05) is 35.9 Å². The number of hydrogen-bond donors (Lipinski definition) is 2. The predicted molar refractivity (Wildman–Crippen MR) is 97.6 cm³/mol. The van der Waals surface area contributed by atoms with Crippen LogP contribution in [-0.2, 0) is 13.0 Å². The number of para-hydroxylation sites is 1. The molecule has 24 heavy (non-hydrogen) atoms. The van der Waals surface area contributed by atoms with Crippen molar-refractivity contribution in [2.45, 2.75) is 19.9 Å². The molecule has 2 aromatic carbocycles. The van der Waals surface area contributed by atoms with Crippen LogP contribution < -0.4 is 5.32 Å². The van der Waals surface area contributed by atoms with Crippen molar-refractivity contribution in [2.75, 3.05) is 11.9 Å². The quantitative estimate of drug-likeness (QED) is 0.662. The molecular weight excluding hydrogens is 322 g/mol. The molecule has 4 nitrogen and oxygen atoms in total. The highest BCUT2D eigenvalue weighted by Crippen LogP contribution is 2.28. The summed E-state index contributed by atoms with van der Waals surface area (Å²) >= 11 is 6.13. The molecule has 2 N–H and O–H groups in total. The molecule has 2 heterocycles. The van der Waals surface area contributed by atoms with Crippen molar-refractivity contribution in [3.8, 4) is 0 Å². The van der Waals surface area contributed by atoms with Gasteiger partial charge in [-0.05, 0) is 42.7 Å². The number of benzene rings is 2. The van der Waals surface area contributed by atoms with E-state index in [4.69, 9.17) is 11.6 Å². The SMILES string of the molecule is Cc1ccc(NC(=O)N2CCc3c([nH]c4ccccc34)C2)cc1Cl. The number of anilines is 1. The van der Waals surface area contributed by atoms with E-state index in [0.29, 0.717) is 18.1 Å². The van der Waals surface area contributed by atoms with E-state index in [1.54, 1.807) is 6.07 Å².